The van der Waals surface area contributed by atoms with Crippen LogP contribution in [0, 0.1) is 0 Å². The molecule has 0 aliphatic carbocycles. The number of carbonyl (C=O) groups is 2. The lowest BCUT2D eigenvalue weighted by Crippen LogP contribution is -1.98. The lowest BCUT2D eigenvalue weighted by molar-refractivity contribution is -0.111. The second kappa shape index (κ2) is 28.9. The van der Waals surface area contributed by atoms with E-state index in [1.807, 2.05) is 94.4 Å². The standard InChI is InChI=1S/C10H11ClO.C6H6.C4H6Cl2O.2C2H6/c11-8-4-7-10(12)9-5-2-1-3-6-9;1-2-4-6-5-3-1;5-3-1-2-4(6)7;2*1-2/h1-3,5-6H,4,7-8H2;1-6H;1-3H2;2*1-2H3. The minimum absolute atomic E-state index is 0.177. The highest BCUT2D eigenvalue weighted by atomic mass is 35.5. The van der Waals surface area contributed by atoms with Crippen molar-refractivity contribution in [3.05, 3.63) is 72.3 Å². The van der Waals surface area contributed by atoms with Gasteiger partial charge in [-0.3, -0.25) is 9.59 Å². The number of ketones is 1. The molecule has 5 heteroatoms. The van der Waals surface area contributed by atoms with Gasteiger partial charge in [0.2, 0.25) is 5.24 Å². The summed E-state index contributed by atoms with van der Waals surface area (Å²) in [4.78, 5) is 21.3. The number of alkyl halides is 2. The van der Waals surface area contributed by atoms with Crippen LogP contribution < -0.4 is 0 Å². The highest BCUT2D eigenvalue weighted by molar-refractivity contribution is 6.63. The second-order valence-electron chi connectivity index (χ2n) is 4.88. The summed E-state index contributed by atoms with van der Waals surface area (Å²) in [6, 6.07) is 21.3. The van der Waals surface area contributed by atoms with Crippen LogP contribution in [0.4, 0.5) is 0 Å². The number of hydrogen-bond donors (Lipinski definition) is 0. The molecule has 0 unspecified atom stereocenters. The maximum atomic E-state index is 11.3. The first-order valence-electron chi connectivity index (χ1n) is 10.00. The molecule has 2 aromatic carbocycles. The topological polar surface area (TPSA) is 34.1 Å². The molecule has 0 atom stereocenters. The molecule has 0 bridgehead atoms. The summed E-state index contributed by atoms with van der Waals surface area (Å²) in [6.45, 7) is 8.00. The average molecular weight is 462 g/mol. The minimum Gasteiger partial charge on any atom is -0.294 e. The van der Waals surface area contributed by atoms with Gasteiger partial charge in [-0.25, -0.2) is 0 Å². The molecule has 0 amide bonds. The van der Waals surface area contributed by atoms with Crippen LogP contribution in [-0.2, 0) is 4.79 Å². The predicted octanol–water partition coefficient (Wildman–Crippen LogP) is 8.40. The van der Waals surface area contributed by atoms with Crippen molar-refractivity contribution in [3.8, 4) is 0 Å². The monoisotopic (exact) mass is 460 g/mol. The lowest BCUT2D eigenvalue weighted by Gasteiger charge is -1.97. The van der Waals surface area contributed by atoms with Gasteiger partial charge in [-0.1, -0.05) is 94.4 Å². The molecule has 0 spiro atoms. The van der Waals surface area contributed by atoms with Crippen LogP contribution in [-0.4, -0.2) is 22.8 Å². The Bertz CT molecular complexity index is 534. The van der Waals surface area contributed by atoms with Crippen molar-refractivity contribution >= 4 is 45.8 Å². The van der Waals surface area contributed by atoms with Crippen LogP contribution in [0.5, 0.6) is 0 Å². The van der Waals surface area contributed by atoms with E-state index in [4.69, 9.17) is 34.8 Å². The molecule has 0 saturated carbocycles. The van der Waals surface area contributed by atoms with Crippen molar-refractivity contribution in [3.63, 3.8) is 0 Å². The SMILES string of the molecule is CC.CC.O=C(CCCCl)c1ccccc1.O=C(Cl)CCCCl.c1ccccc1. The van der Waals surface area contributed by atoms with Crippen LogP contribution >= 0.6 is 34.8 Å². The Morgan fingerprint density at radius 2 is 1.00 bits per heavy atom. The number of Topliss-reactive ketones (excluding diaryl/α,β-unsaturated/α-hetero) is 1. The van der Waals surface area contributed by atoms with Crippen molar-refractivity contribution in [1.82, 2.24) is 0 Å². The quantitative estimate of drug-likeness (QED) is 0.235. The summed E-state index contributed by atoms with van der Waals surface area (Å²) in [7, 11) is 0. The molecule has 29 heavy (non-hydrogen) atoms. The van der Waals surface area contributed by atoms with Gasteiger partial charge in [0.1, 0.15) is 0 Å². The van der Waals surface area contributed by atoms with E-state index in [2.05, 4.69) is 0 Å². The molecule has 0 fully saturated rings. The number of hydrogen-bond acceptors (Lipinski definition) is 2. The Balaban J connectivity index is -0.000000342. The Morgan fingerprint density at radius 3 is 1.31 bits per heavy atom. The van der Waals surface area contributed by atoms with Crippen LogP contribution in [0.2, 0.25) is 0 Å². The number of rotatable bonds is 7. The fourth-order valence-electron chi connectivity index (χ4n) is 1.59. The van der Waals surface area contributed by atoms with Gasteiger partial charge in [0.25, 0.3) is 0 Å². The number of carbonyl (C=O) groups excluding carboxylic acids is 2. The van der Waals surface area contributed by atoms with Crippen molar-refractivity contribution in [2.24, 2.45) is 0 Å². The fraction of sp³-hybridized carbons (Fsp3) is 0.417. The molecule has 0 aromatic heterocycles. The van der Waals surface area contributed by atoms with Gasteiger partial charge in [-0.2, -0.15) is 0 Å². The first kappa shape index (κ1) is 32.3. The summed E-state index contributed by atoms with van der Waals surface area (Å²) in [5, 5.41) is -0.305. The molecular weight excluding hydrogens is 427 g/mol. The van der Waals surface area contributed by atoms with Gasteiger partial charge in [0.05, 0.1) is 0 Å². The zero-order valence-corrected chi connectivity index (χ0v) is 20.3. The van der Waals surface area contributed by atoms with E-state index in [0.717, 1.165) is 12.0 Å². The summed E-state index contributed by atoms with van der Waals surface area (Å²) in [5.74, 6) is 1.24. The molecular formula is C24H35Cl3O2. The van der Waals surface area contributed by atoms with E-state index in [-0.39, 0.29) is 11.0 Å². The van der Waals surface area contributed by atoms with Crippen molar-refractivity contribution in [2.45, 2.75) is 53.4 Å². The summed E-state index contributed by atoms with van der Waals surface area (Å²) in [6.07, 6.45) is 2.39. The molecule has 0 N–H and O–H groups in total. The van der Waals surface area contributed by atoms with E-state index in [9.17, 15) is 9.59 Å². The van der Waals surface area contributed by atoms with Gasteiger partial charge in [-0.05, 0) is 24.4 Å². The van der Waals surface area contributed by atoms with Crippen molar-refractivity contribution < 1.29 is 9.59 Å². The van der Waals surface area contributed by atoms with Crippen LogP contribution in [0.15, 0.2) is 66.7 Å². The molecule has 164 valence electrons. The second-order valence-corrected chi connectivity index (χ2v) is 6.06. The van der Waals surface area contributed by atoms with Crippen LogP contribution in [0.3, 0.4) is 0 Å². The first-order valence-corrected chi connectivity index (χ1v) is 11.4. The zero-order valence-electron chi connectivity index (χ0n) is 18.0. The average Bonchev–Trinajstić information content (AvgIpc) is 2.81. The van der Waals surface area contributed by atoms with Gasteiger partial charge in [-0.15, -0.1) is 23.2 Å². The Kier molecular flexibility index (Phi) is 32.2. The maximum Gasteiger partial charge on any atom is 0.221 e. The van der Waals surface area contributed by atoms with E-state index >= 15 is 0 Å². The molecule has 2 nitrogen and oxygen atoms in total. The lowest BCUT2D eigenvalue weighted by atomic mass is 10.1. The highest BCUT2D eigenvalue weighted by Crippen LogP contribution is 2.05. The third-order valence-corrected chi connectivity index (χ3v) is 3.53. The normalized spacial score (nSPS) is 8.24. The molecule has 0 radical (unpaired) electrons. The summed E-state index contributed by atoms with van der Waals surface area (Å²) in [5.41, 5.74) is 0.780. The number of halogens is 3. The van der Waals surface area contributed by atoms with Gasteiger partial charge in [0, 0.05) is 30.2 Å². The maximum absolute atomic E-state index is 11.3. The molecule has 0 saturated heterocycles. The van der Waals surface area contributed by atoms with Gasteiger partial charge >= 0.3 is 0 Å². The first-order chi connectivity index (χ1) is 14.1. The fourth-order valence-corrected chi connectivity index (χ4v) is 1.99. The van der Waals surface area contributed by atoms with Crippen molar-refractivity contribution in [2.75, 3.05) is 11.8 Å². The third kappa shape index (κ3) is 26.6. The third-order valence-electron chi connectivity index (χ3n) is 2.81. The largest absolute Gasteiger partial charge is 0.294 e. The van der Waals surface area contributed by atoms with E-state index in [1.165, 1.54) is 0 Å². The smallest absolute Gasteiger partial charge is 0.221 e. The summed E-state index contributed by atoms with van der Waals surface area (Å²) >= 11 is 15.7. The molecule has 0 heterocycles. The Labute approximate surface area is 192 Å². The van der Waals surface area contributed by atoms with Crippen molar-refractivity contribution in [1.29, 1.82) is 0 Å². The van der Waals surface area contributed by atoms with Crippen LogP contribution in [0.1, 0.15) is 63.7 Å². The Hall–Kier alpha value is -1.35. The zero-order chi connectivity index (χ0) is 22.8. The molecule has 2 aromatic rings. The number of benzene rings is 2. The molecule has 0 aliphatic heterocycles. The van der Waals surface area contributed by atoms with E-state index in [0.29, 0.717) is 31.0 Å². The summed E-state index contributed by atoms with van der Waals surface area (Å²) < 4.78 is 0. The minimum atomic E-state index is -0.305. The van der Waals surface area contributed by atoms with Gasteiger partial charge in [0.15, 0.2) is 5.78 Å². The molecule has 0 aliphatic rings. The van der Waals surface area contributed by atoms with E-state index < -0.39 is 0 Å². The Morgan fingerprint density at radius 1 is 0.655 bits per heavy atom. The molecule has 2 rings (SSSR count). The predicted molar refractivity (Wildman–Crippen MR) is 131 cm³/mol. The van der Waals surface area contributed by atoms with E-state index in [1.54, 1.807) is 0 Å². The highest BCUT2D eigenvalue weighted by Gasteiger charge is 2.02. The van der Waals surface area contributed by atoms with Crippen LogP contribution in [0.25, 0.3) is 0 Å². The van der Waals surface area contributed by atoms with Gasteiger partial charge < -0.3 is 0 Å².